The highest BCUT2D eigenvalue weighted by molar-refractivity contribution is 7.88. The third kappa shape index (κ3) is 5.14. The molecule has 6 heteroatoms. The fourth-order valence-corrected chi connectivity index (χ4v) is 3.21. The molecule has 1 amide bonds. The molecule has 0 bridgehead atoms. The molecule has 0 saturated carbocycles. The Kier molecular flexibility index (Phi) is 5.98. The van der Waals surface area contributed by atoms with Gasteiger partial charge in [-0.1, -0.05) is 54.6 Å². The smallest absolute Gasteiger partial charge is 0.230 e. The lowest BCUT2D eigenvalue weighted by Crippen LogP contribution is -2.39. The normalized spacial score (nSPS) is 12.0. The standard InChI is InChI=1S/C19H24N2O3S/c1-19(2,17-7-5-4-6-8-17)18(22)21-13-15-9-11-16(12-10-15)14-25(23,24)20-3/h4-12,20H,13-14H2,1-3H3,(H,21,22). The number of hydrogen-bond acceptors (Lipinski definition) is 3. The molecule has 0 fully saturated rings. The summed E-state index contributed by atoms with van der Waals surface area (Å²) < 4.78 is 25.4. The summed E-state index contributed by atoms with van der Waals surface area (Å²) in [5.74, 6) is -0.113. The molecule has 0 unspecified atom stereocenters. The minimum Gasteiger partial charge on any atom is -0.351 e. The number of nitrogens with one attached hydrogen (secondary N) is 2. The molecule has 0 aliphatic heterocycles. The lowest BCUT2D eigenvalue weighted by Gasteiger charge is -2.24. The third-order valence-corrected chi connectivity index (χ3v) is 5.54. The Morgan fingerprint density at radius 1 is 0.960 bits per heavy atom. The van der Waals surface area contributed by atoms with E-state index < -0.39 is 15.4 Å². The van der Waals surface area contributed by atoms with Crippen molar-refractivity contribution in [3.8, 4) is 0 Å². The average molecular weight is 360 g/mol. The van der Waals surface area contributed by atoms with E-state index in [0.29, 0.717) is 12.1 Å². The van der Waals surface area contributed by atoms with Crippen molar-refractivity contribution in [3.05, 3.63) is 71.3 Å². The third-order valence-electron chi connectivity index (χ3n) is 4.21. The SMILES string of the molecule is CNS(=O)(=O)Cc1ccc(CNC(=O)C(C)(C)c2ccccc2)cc1. The van der Waals surface area contributed by atoms with E-state index in [4.69, 9.17) is 0 Å². The number of amides is 1. The van der Waals surface area contributed by atoms with E-state index in [1.54, 1.807) is 12.1 Å². The summed E-state index contributed by atoms with van der Waals surface area (Å²) in [6, 6.07) is 16.8. The fourth-order valence-electron chi connectivity index (χ4n) is 2.43. The van der Waals surface area contributed by atoms with Crippen molar-refractivity contribution in [2.75, 3.05) is 7.05 Å². The van der Waals surface area contributed by atoms with Gasteiger partial charge in [-0.25, -0.2) is 13.1 Å². The first-order chi connectivity index (χ1) is 11.7. The van der Waals surface area contributed by atoms with Crippen LogP contribution in [0.2, 0.25) is 0 Å². The van der Waals surface area contributed by atoms with Gasteiger partial charge in [-0.3, -0.25) is 4.79 Å². The molecule has 2 aromatic carbocycles. The Labute approximate surface area is 149 Å². The van der Waals surface area contributed by atoms with E-state index in [1.165, 1.54) is 7.05 Å². The molecule has 0 heterocycles. The average Bonchev–Trinajstić information content (AvgIpc) is 2.61. The number of sulfonamides is 1. The zero-order chi connectivity index (χ0) is 18.5. The van der Waals surface area contributed by atoms with E-state index in [9.17, 15) is 13.2 Å². The topological polar surface area (TPSA) is 75.3 Å². The van der Waals surface area contributed by atoms with Crippen LogP contribution in [0.25, 0.3) is 0 Å². The van der Waals surface area contributed by atoms with Gasteiger partial charge in [-0.15, -0.1) is 0 Å². The maximum atomic E-state index is 12.5. The summed E-state index contributed by atoms with van der Waals surface area (Å²) in [7, 11) is -1.88. The van der Waals surface area contributed by atoms with Gasteiger partial charge in [0.15, 0.2) is 0 Å². The molecule has 0 atom stereocenters. The van der Waals surface area contributed by atoms with Crippen LogP contribution in [-0.2, 0) is 32.5 Å². The highest BCUT2D eigenvalue weighted by Crippen LogP contribution is 2.23. The Hall–Kier alpha value is -2.18. The van der Waals surface area contributed by atoms with Crippen molar-refractivity contribution in [2.45, 2.75) is 31.6 Å². The first-order valence-electron chi connectivity index (χ1n) is 8.07. The van der Waals surface area contributed by atoms with Crippen molar-refractivity contribution < 1.29 is 13.2 Å². The summed E-state index contributed by atoms with van der Waals surface area (Å²) >= 11 is 0. The van der Waals surface area contributed by atoms with Gasteiger partial charge in [-0.05, 0) is 37.6 Å². The van der Waals surface area contributed by atoms with Crippen LogP contribution in [-0.4, -0.2) is 21.4 Å². The zero-order valence-corrected chi connectivity index (χ0v) is 15.6. The molecule has 5 nitrogen and oxygen atoms in total. The predicted molar refractivity (Wildman–Crippen MR) is 99.4 cm³/mol. The quantitative estimate of drug-likeness (QED) is 0.796. The lowest BCUT2D eigenvalue weighted by molar-refractivity contribution is -0.125. The van der Waals surface area contributed by atoms with Crippen LogP contribution >= 0.6 is 0 Å². The summed E-state index contributed by atoms with van der Waals surface area (Å²) in [6.45, 7) is 4.18. The van der Waals surface area contributed by atoms with Crippen LogP contribution in [0.15, 0.2) is 54.6 Å². The fraction of sp³-hybridized carbons (Fsp3) is 0.316. The molecule has 2 rings (SSSR count). The van der Waals surface area contributed by atoms with Gasteiger partial charge in [0, 0.05) is 6.54 Å². The Balaban J connectivity index is 1.98. The molecule has 2 N–H and O–H groups in total. The highest BCUT2D eigenvalue weighted by Gasteiger charge is 2.29. The van der Waals surface area contributed by atoms with Gasteiger partial charge >= 0.3 is 0 Å². The maximum Gasteiger partial charge on any atom is 0.230 e. The van der Waals surface area contributed by atoms with Crippen molar-refractivity contribution in [2.24, 2.45) is 0 Å². The van der Waals surface area contributed by atoms with E-state index in [0.717, 1.165) is 11.1 Å². The van der Waals surface area contributed by atoms with Gasteiger partial charge in [0.25, 0.3) is 0 Å². The zero-order valence-electron chi connectivity index (χ0n) is 14.7. The van der Waals surface area contributed by atoms with Gasteiger partial charge in [0.1, 0.15) is 0 Å². The van der Waals surface area contributed by atoms with Crippen LogP contribution in [0.4, 0.5) is 0 Å². The number of carbonyl (C=O) groups excluding carboxylic acids is 1. The predicted octanol–water partition coefficient (Wildman–Crippen LogP) is 2.33. The van der Waals surface area contributed by atoms with E-state index in [2.05, 4.69) is 10.0 Å². The number of rotatable bonds is 7. The highest BCUT2D eigenvalue weighted by atomic mass is 32.2. The number of hydrogen-bond donors (Lipinski definition) is 2. The van der Waals surface area contributed by atoms with E-state index in [1.807, 2.05) is 56.3 Å². The second kappa shape index (κ2) is 7.80. The van der Waals surface area contributed by atoms with Crippen molar-refractivity contribution in [1.29, 1.82) is 0 Å². The van der Waals surface area contributed by atoms with Crippen molar-refractivity contribution >= 4 is 15.9 Å². The molecule has 0 saturated heterocycles. The molecule has 25 heavy (non-hydrogen) atoms. The second-order valence-corrected chi connectivity index (χ2v) is 8.38. The van der Waals surface area contributed by atoms with Gasteiger partial charge in [-0.2, -0.15) is 0 Å². The minimum absolute atomic E-state index is 0.0551. The lowest BCUT2D eigenvalue weighted by atomic mass is 9.84. The number of benzene rings is 2. The monoisotopic (exact) mass is 360 g/mol. The molecule has 0 aromatic heterocycles. The molecule has 0 spiro atoms. The number of carbonyl (C=O) groups is 1. The molecular formula is C19H24N2O3S. The summed E-state index contributed by atoms with van der Waals surface area (Å²) in [4.78, 5) is 12.5. The van der Waals surface area contributed by atoms with E-state index in [-0.39, 0.29) is 11.7 Å². The van der Waals surface area contributed by atoms with Gasteiger partial charge in [0.2, 0.25) is 15.9 Å². The van der Waals surface area contributed by atoms with Crippen LogP contribution in [0.3, 0.4) is 0 Å². The van der Waals surface area contributed by atoms with Crippen LogP contribution in [0.5, 0.6) is 0 Å². The first-order valence-corrected chi connectivity index (χ1v) is 9.73. The van der Waals surface area contributed by atoms with Crippen LogP contribution in [0.1, 0.15) is 30.5 Å². The first kappa shape index (κ1) is 19.1. The molecule has 2 aromatic rings. The Morgan fingerprint density at radius 3 is 2.08 bits per heavy atom. The van der Waals surface area contributed by atoms with E-state index >= 15 is 0 Å². The Morgan fingerprint density at radius 2 is 1.52 bits per heavy atom. The van der Waals surface area contributed by atoms with Crippen LogP contribution in [0, 0.1) is 0 Å². The molecule has 134 valence electrons. The molecule has 0 radical (unpaired) electrons. The summed E-state index contributed by atoms with van der Waals surface area (Å²) in [6.07, 6.45) is 0. The van der Waals surface area contributed by atoms with Crippen molar-refractivity contribution in [3.63, 3.8) is 0 Å². The summed E-state index contributed by atoms with van der Waals surface area (Å²) in [5, 5.41) is 2.95. The van der Waals surface area contributed by atoms with Gasteiger partial charge in [0.05, 0.1) is 11.2 Å². The molecule has 0 aliphatic rings. The van der Waals surface area contributed by atoms with Crippen LogP contribution < -0.4 is 10.0 Å². The maximum absolute atomic E-state index is 12.5. The Bertz CT molecular complexity index is 814. The summed E-state index contributed by atoms with van der Waals surface area (Å²) in [5.41, 5.74) is 1.96. The molecular weight excluding hydrogens is 336 g/mol. The van der Waals surface area contributed by atoms with Crippen molar-refractivity contribution in [1.82, 2.24) is 10.0 Å². The van der Waals surface area contributed by atoms with Gasteiger partial charge < -0.3 is 5.32 Å². The largest absolute Gasteiger partial charge is 0.351 e. The minimum atomic E-state index is -3.28. The molecule has 0 aliphatic carbocycles. The second-order valence-electron chi connectivity index (χ2n) is 6.45.